The normalized spacial score (nSPS) is 11.2. The average Bonchev–Trinajstić information content (AvgIpc) is 3.18. The summed E-state index contributed by atoms with van der Waals surface area (Å²) in [5.74, 6) is 1.12. The third kappa shape index (κ3) is 5.96. The van der Waals surface area contributed by atoms with Crippen molar-refractivity contribution in [3.63, 3.8) is 0 Å². The minimum absolute atomic E-state index is 0.0748. The molecule has 0 atom stereocenters. The minimum atomic E-state index is -0.273. The molecule has 0 fully saturated rings. The van der Waals surface area contributed by atoms with Crippen LogP contribution in [-0.2, 0) is 11.3 Å². The Balaban J connectivity index is 1.62. The molecule has 30 heavy (non-hydrogen) atoms. The highest BCUT2D eigenvalue weighted by molar-refractivity contribution is 8.01. The largest absolute Gasteiger partial charge is 0.495 e. The van der Waals surface area contributed by atoms with Gasteiger partial charge in [-0.05, 0) is 38.5 Å². The summed E-state index contributed by atoms with van der Waals surface area (Å²) in [5.41, 5.74) is 1.67. The lowest BCUT2D eigenvalue weighted by Crippen LogP contribution is -2.45. The molecule has 1 N–H and O–H groups in total. The van der Waals surface area contributed by atoms with Gasteiger partial charge in [0.05, 0.1) is 18.6 Å². The second-order valence-electron chi connectivity index (χ2n) is 7.62. The molecule has 2 aromatic carbocycles. The summed E-state index contributed by atoms with van der Waals surface area (Å²) in [6, 6.07) is 17.7. The van der Waals surface area contributed by atoms with Crippen molar-refractivity contribution in [1.82, 2.24) is 15.1 Å². The lowest BCUT2D eigenvalue weighted by molar-refractivity contribution is -0.133. The summed E-state index contributed by atoms with van der Waals surface area (Å²) in [6.45, 7) is 6.75. The van der Waals surface area contributed by atoms with E-state index in [-0.39, 0.29) is 11.4 Å². The van der Waals surface area contributed by atoms with Crippen molar-refractivity contribution in [3.8, 4) is 5.75 Å². The molecule has 0 aliphatic rings. The van der Waals surface area contributed by atoms with Crippen LogP contribution in [0.4, 0.5) is 10.8 Å². The predicted octanol–water partition coefficient (Wildman–Crippen LogP) is 5.21. The van der Waals surface area contributed by atoms with Crippen molar-refractivity contribution >= 4 is 39.8 Å². The molecular formula is C22H26N4O2S2. The zero-order chi connectivity index (χ0) is 21.6. The Bertz CT molecular complexity index is 971. The zero-order valence-corrected chi connectivity index (χ0v) is 19.2. The van der Waals surface area contributed by atoms with Gasteiger partial charge in [-0.1, -0.05) is 65.6 Å². The molecule has 0 saturated carbocycles. The number of carbonyl (C=O) groups excluding carboxylic acids is 1. The van der Waals surface area contributed by atoms with E-state index in [4.69, 9.17) is 4.74 Å². The van der Waals surface area contributed by atoms with Crippen LogP contribution >= 0.6 is 23.1 Å². The van der Waals surface area contributed by atoms with Crippen LogP contribution in [0.5, 0.6) is 5.75 Å². The molecule has 0 radical (unpaired) electrons. The van der Waals surface area contributed by atoms with Crippen LogP contribution in [0, 0.1) is 0 Å². The highest BCUT2D eigenvalue weighted by atomic mass is 32.2. The SMILES string of the molecule is COc1ccccc1Nc1nnc(SCC(=O)N(Cc2ccccc2)C(C)(C)C)s1. The molecular weight excluding hydrogens is 416 g/mol. The lowest BCUT2D eigenvalue weighted by atomic mass is 10.0. The molecule has 1 heterocycles. The van der Waals surface area contributed by atoms with Gasteiger partial charge in [-0.25, -0.2) is 0 Å². The van der Waals surface area contributed by atoms with Crippen LogP contribution < -0.4 is 10.1 Å². The first kappa shape index (κ1) is 22.1. The van der Waals surface area contributed by atoms with Gasteiger partial charge < -0.3 is 15.0 Å². The minimum Gasteiger partial charge on any atom is -0.495 e. The number of carbonyl (C=O) groups is 1. The molecule has 1 amide bonds. The Morgan fingerprint density at radius 2 is 1.80 bits per heavy atom. The Morgan fingerprint density at radius 1 is 1.10 bits per heavy atom. The number of para-hydroxylation sites is 2. The number of rotatable bonds is 8. The summed E-state index contributed by atoms with van der Waals surface area (Å²) in [7, 11) is 1.63. The smallest absolute Gasteiger partial charge is 0.233 e. The van der Waals surface area contributed by atoms with Gasteiger partial charge in [0.25, 0.3) is 0 Å². The average molecular weight is 443 g/mol. The van der Waals surface area contributed by atoms with Gasteiger partial charge in [0.2, 0.25) is 11.0 Å². The number of benzene rings is 2. The second-order valence-corrected chi connectivity index (χ2v) is 9.82. The molecule has 0 bridgehead atoms. The van der Waals surface area contributed by atoms with E-state index < -0.39 is 0 Å². The summed E-state index contributed by atoms with van der Waals surface area (Å²) in [5, 5.41) is 12.3. The molecule has 1 aromatic heterocycles. The Hall–Kier alpha value is -2.58. The number of hydrogen-bond donors (Lipinski definition) is 1. The quantitative estimate of drug-likeness (QED) is 0.483. The van der Waals surface area contributed by atoms with Gasteiger partial charge in [-0.3, -0.25) is 4.79 Å². The summed E-state index contributed by atoms with van der Waals surface area (Å²) in [4.78, 5) is 14.9. The molecule has 0 unspecified atom stereocenters. The number of nitrogens with one attached hydrogen (secondary N) is 1. The van der Waals surface area contributed by atoms with Gasteiger partial charge in [0.15, 0.2) is 4.34 Å². The van der Waals surface area contributed by atoms with Crippen LogP contribution in [0.2, 0.25) is 0 Å². The van der Waals surface area contributed by atoms with Crippen molar-refractivity contribution < 1.29 is 9.53 Å². The van der Waals surface area contributed by atoms with E-state index in [0.717, 1.165) is 21.3 Å². The van der Waals surface area contributed by atoms with Gasteiger partial charge >= 0.3 is 0 Å². The van der Waals surface area contributed by atoms with Gasteiger partial charge in [-0.2, -0.15) is 0 Å². The van der Waals surface area contributed by atoms with Crippen molar-refractivity contribution in [3.05, 3.63) is 60.2 Å². The fraction of sp³-hybridized carbons (Fsp3) is 0.318. The van der Waals surface area contributed by atoms with E-state index in [2.05, 4.69) is 36.3 Å². The number of anilines is 2. The van der Waals surface area contributed by atoms with E-state index >= 15 is 0 Å². The Morgan fingerprint density at radius 3 is 2.50 bits per heavy atom. The van der Waals surface area contributed by atoms with E-state index in [9.17, 15) is 4.79 Å². The van der Waals surface area contributed by atoms with Crippen LogP contribution in [0.15, 0.2) is 58.9 Å². The molecule has 3 aromatic rings. The van der Waals surface area contributed by atoms with Gasteiger partial charge in [-0.15, -0.1) is 10.2 Å². The predicted molar refractivity (Wildman–Crippen MR) is 124 cm³/mol. The molecule has 0 aliphatic carbocycles. The number of nitrogens with zero attached hydrogens (tertiary/aromatic N) is 3. The fourth-order valence-electron chi connectivity index (χ4n) is 2.85. The number of ether oxygens (including phenoxy) is 1. The third-order valence-electron chi connectivity index (χ3n) is 4.37. The standard InChI is InChI=1S/C22H26N4O2S2/c1-22(2,3)26(14-16-10-6-5-7-11-16)19(27)15-29-21-25-24-20(30-21)23-17-12-8-9-13-18(17)28-4/h5-13H,14-15H2,1-4H3,(H,23,24). The number of amides is 1. The summed E-state index contributed by atoms with van der Waals surface area (Å²) in [6.07, 6.45) is 0. The molecule has 0 aliphatic heterocycles. The van der Waals surface area contributed by atoms with Crippen molar-refractivity contribution in [2.45, 2.75) is 37.2 Å². The number of methoxy groups -OCH3 is 1. The third-order valence-corrected chi connectivity index (χ3v) is 6.33. The molecule has 0 spiro atoms. The zero-order valence-electron chi connectivity index (χ0n) is 17.6. The van der Waals surface area contributed by atoms with Crippen molar-refractivity contribution in [2.24, 2.45) is 0 Å². The first-order valence-corrected chi connectivity index (χ1v) is 11.4. The summed E-state index contributed by atoms with van der Waals surface area (Å²) < 4.78 is 6.09. The monoisotopic (exact) mass is 442 g/mol. The first-order chi connectivity index (χ1) is 14.4. The Labute approximate surface area is 185 Å². The van der Waals surface area contributed by atoms with E-state index in [1.807, 2.05) is 59.5 Å². The van der Waals surface area contributed by atoms with Gasteiger partial charge in [0.1, 0.15) is 5.75 Å². The molecule has 158 valence electrons. The number of hydrogen-bond acceptors (Lipinski definition) is 7. The van der Waals surface area contributed by atoms with Crippen molar-refractivity contribution in [1.29, 1.82) is 0 Å². The van der Waals surface area contributed by atoms with Crippen LogP contribution in [-0.4, -0.2) is 39.4 Å². The molecule has 6 nitrogen and oxygen atoms in total. The van der Waals surface area contributed by atoms with E-state index in [1.165, 1.54) is 23.1 Å². The lowest BCUT2D eigenvalue weighted by Gasteiger charge is -2.36. The maximum atomic E-state index is 13.0. The maximum Gasteiger partial charge on any atom is 0.233 e. The first-order valence-electron chi connectivity index (χ1n) is 9.57. The maximum absolute atomic E-state index is 13.0. The highest BCUT2D eigenvalue weighted by Gasteiger charge is 2.26. The second kappa shape index (κ2) is 9.95. The summed E-state index contributed by atoms with van der Waals surface area (Å²) >= 11 is 2.82. The fourth-order valence-corrected chi connectivity index (χ4v) is 4.49. The highest BCUT2D eigenvalue weighted by Crippen LogP contribution is 2.32. The van der Waals surface area contributed by atoms with E-state index in [0.29, 0.717) is 17.4 Å². The van der Waals surface area contributed by atoms with E-state index in [1.54, 1.807) is 7.11 Å². The molecule has 0 saturated heterocycles. The van der Waals surface area contributed by atoms with Crippen LogP contribution in [0.25, 0.3) is 0 Å². The van der Waals surface area contributed by atoms with Gasteiger partial charge in [0, 0.05) is 12.1 Å². The number of aromatic nitrogens is 2. The van der Waals surface area contributed by atoms with Crippen LogP contribution in [0.3, 0.4) is 0 Å². The van der Waals surface area contributed by atoms with Crippen molar-refractivity contribution in [2.75, 3.05) is 18.2 Å². The molecule has 8 heteroatoms. The van der Waals surface area contributed by atoms with Crippen LogP contribution in [0.1, 0.15) is 26.3 Å². The number of thioether (sulfide) groups is 1. The Kier molecular flexibility index (Phi) is 7.33. The topological polar surface area (TPSA) is 67.3 Å². The molecule has 3 rings (SSSR count).